The van der Waals surface area contributed by atoms with Crippen LogP contribution in [-0.4, -0.2) is 58.0 Å². The van der Waals surface area contributed by atoms with Crippen LogP contribution in [0.15, 0.2) is 30.5 Å². The monoisotopic (exact) mass is 370 g/mol. The highest BCUT2D eigenvalue weighted by molar-refractivity contribution is 5.89. The second-order valence-electron chi connectivity index (χ2n) is 8.36. The Hall–Kier alpha value is -2.50. The maximum atomic E-state index is 12.9. The number of urea groups is 1. The van der Waals surface area contributed by atoms with E-state index in [4.69, 9.17) is 0 Å². The van der Waals surface area contributed by atoms with Crippen molar-refractivity contribution in [2.75, 3.05) is 26.2 Å². The van der Waals surface area contributed by atoms with Crippen LogP contribution in [0.5, 0.6) is 0 Å². The smallest absolute Gasteiger partial charge is 0.317 e. The van der Waals surface area contributed by atoms with Gasteiger partial charge in [0.25, 0.3) is 0 Å². The van der Waals surface area contributed by atoms with E-state index in [1.807, 2.05) is 55.9 Å². The number of carbonyl (C=O) groups excluding carboxylic acids is 2. The van der Waals surface area contributed by atoms with Crippen molar-refractivity contribution in [2.45, 2.75) is 39.2 Å². The lowest BCUT2D eigenvalue weighted by Crippen LogP contribution is -2.49. The standard InChI is InChI=1S/C21H30N4O2/c1-21(2,3)22-20(27)25-11-7-10-24(12-13-25)19(26)14-16-15-23(4)18-9-6-5-8-17(16)18/h5-6,8-9,15H,7,10-14H2,1-4H3,(H,22,27). The number of para-hydroxylation sites is 1. The zero-order valence-corrected chi connectivity index (χ0v) is 16.8. The topological polar surface area (TPSA) is 57.6 Å². The van der Waals surface area contributed by atoms with Crippen LogP contribution in [-0.2, 0) is 18.3 Å². The molecule has 0 bridgehead atoms. The van der Waals surface area contributed by atoms with Gasteiger partial charge in [-0.05, 0) is 38.8 Å². The van der Waals surface area contributed by atoms with Crippen LogP contribution in [0.2, 0.25) is 0 Å². The molecule has 6 nitrogen and oxygen atoms in total. The Kier molecular flexibility index (Phi) is 5.44. The minimum atomic E-state index is -0.257. The number of carbonyl (C=O) groups is 2. The summed E-state index contributed by atoms with van der Waals surface area (Å²) in [4.78, 5) is 29.0. The van der Waals surface area contributed by atoms with Crippen LogP contribution < -0.4 is 5.32 Å². The zero-order valence-electron chi connectivity index (χ0n) is 16.8. The molecule has 6 heteroatoms. The van der Waals surface area contributed by atoms with Gasteiger partial charge in [-0.15, -0.1) is 0 Å². The Labute approximate surface area is 161 Å². The highest BCUT2D eigenvalue weighted by Crippen LogP contribution is 2.21. The van der Waals surface area contributed by atoms with Crippen LogP contribution in [0.4, 0.5) is 4.79 Å². The first-order valence-corrected chi connectivity index (χ1v) is 9.62. The van der Waals surface area contributed by atoms with Crippen molar-refractivity contribution in [1.82, 2.24) is 19.7 Å². The predicted octanol–water partition coefficient (Wildman–Crippen LogP) is 2.76. The van der Waals surface area contributed by atoms with Gasteiger partial charge in [0.05, 0.1) is 6.42 Å². The van der Waals surface area contributed by atoms with E-state index in [-0.39, 0.29) is 17.5 Å². The average molecular weight is 370 g/mol. The first-order valence-electron chi connectivity index (χ1n) is 9.62. The van der Waals surface area contributed by atoms with Gasteiger partial charge < -0.3 is 19.7 Å². The van der Waals surface area contributed by atoms with E-state index in [0.29, 0.717) is 32.6 Å². The quantitative estimate of drug-likeness (QED) is 0.884. The van der Waals surface area contributed by atoms with Crippen LogP contribution in [0.1, 0.15) is 32.8 Å². The Bertz CT molecular complexity index is 834. The molecule has 3 amide bonds. The summed E-state index contributed by atoms with van der Waals surface area (Å²) in [5.41, 5.74) is 1.94. The molecular weight excluding hydrogens is 340 g/mol. The van der Waals surface area contributed by atoms with Crippen molar-refractivity contribution in [1.29, 1.82) is 0 Å². The molecule has 0 radical (unpaired) electrons. The number of aromatic nitrogens is 1. The highest BCUT2D eigenvalue weighted by atomic mass is 16.2. The van der Waals surface area contributed by atoms with Crippen molar-refractivity contribution in [3.05, 3.63) is 36.0 Å². The Morgan fingerprint density at radius 1 is 1.04 bits per heavy atom. The van der Waals surface area contributed by atoms with Gasteiger partial charge in [-0.2, -0.15) is 0 Å². The number of nitrogens with one attached hydrogen (secondary N) is 1. The summed E-state index contributed by atoms with van der Waals surface area (Å²) in [7, 11) is 2.01. The average Bonchev–Trinajstić information content (AvgIpc) is 2.77. The van der Waals surface area contributed by atoms with E-state index in [1.54, 1.807) is 0 Å². The fraction of sp³-hybridized carbons (Fsp3) is 0.524. The van der Waals surface area contributed by atoms with Gasteiger partial charge in [-0.3, -0.25) is 4.79 Å². The number of aryl methyl sites for hydroxylation is 1. The lowest BCUT2D eigenvalue weighted by atomic mass is 10.1. The van der Waals surface area contributed by atoms with Crippen molar-refractivity contribution in [3.63, 3.8) is 0 Å². The van der Waals surface area contributed by atoms with Crippen molar-refractivity contribution < 1.29 is 9.59 Å². The van der Waals surface area contributed by atoms with Crippen LogP contribution >= 0.6 is 0 Å². The predicted molar refractivity (Wildman–Crippen MR) is 108 cm³/mol. The van der Waals surface area contributed by atoms with Gasteiger partial charge in [0.2, 0.25) is 5.91 Å². The molecular formula is C21H30N4O2. The molecule has 0 spiro atoms. The molecule has 2 heterocycles. The number of fused-ring (bicyclic) bond motifs is 1. The molecule has 1 fully saturated rings. The molecule has 146 valence electrons. The highest BCUT2D eigenvalue weighted by Gasteiger charge is 2.24. The van der Waals surface area contributed by atoms with Crippen LogP contribution in [0.3, 0.4) is 0 Å². The van der Waals surface area contributed by atoms with E-state index >= 15 is 0 Å². The van der Waals surface area contributed by atoms with E-state index in [2.05, 4.69) is 22.0 Å². The lowest BCUT2D eigenvalue weighted by molar-refractivity contribution is -0.130. The number of hydrogen-bond acceptors (Lipinski definition) is 2. The molecule has 1 aromatic carbocycles. The minimum absolute atomic E-state index is 0.0501. The summed E-state index contributed by atoms with van der Waals surface area (Å²) in [6, 6.07) is 8.11. The fourth-order valence-electron chi connectivity index (χ4n) is 3.61. The number of amides is 3. The SMILES string of the molecule is Cn1cc(CC(=O)N2CCCN(C(=O)NC(C)(C)C)CC2)c2ccccc21. The number of rotatable bonds is 2. The third kappa shape index (κ3) is 4.62. The summed E-state index contributed by atoms with van der Waals surface area (Å²) >= 11 is 0. The maximum Gasteiger partial charge on any atom is 0.317 e. The molecule has 0 aliphatic carbocycles. The van der Waals surface area contributed by atoms with E-state index in [9.17, 15) is 9.59 Å². The zero-order chi connectivity index (χ0) is 19.6. The van der Waals surface area contributed by atoms with E-state index in [0.717, 1.165) is 22.9 Å². The van der Waals surface area contributed by atoms with E-state index in [1.165, 1.54) is 0 Å². The van der Waals surface area contributed by atoms with Crippen molar-refractivity contribution >= 4 is 22.8 Å². The second-order valence-corrected chi connectivity index (χ2v) is 8.36. The number of hydrogen-bond donors (Lipinski definition) is 1. The first-order chi connectivity index (χ1) is 12.7. The molecule has 1 saturated heterocycles. The van der Waals surface area contributed by atoms with Gasteiger partial charge >= 0.3 is 6.03 Å². The molecule has 0 atom stereocenters. The summed E-state index contributed by atoms with van der Waals surface area (Å²) < 4.78 is 2.07. The lowest BCUT2D eigenvalue weighted by Gasteiger charge is -2.27. The van der Waals surface area contributed by atoms with Crippen molar-refractivity contribution in [2.24, 2.45) is 7.05 Å². The molecule has 1 N–H and O–H groups in total. The summed E-state index contributed by atoms with van der Waals surface area (Å²) in [6.45, 7) is 8.46. The Balaban J connectivity index is 1.63. The Morgan fingerprint density at radius 3 is 2.44 bits per heavy atom. The number of benzene rings is 1. The molecule has 1 aliphatic heterocycles. The van der Waals surface area contributed by atoms with Gasteiger partial charge in [0.15, 0.2) is 0 Å². The Morgan fingerprint density at radius 2 is 1.70 bits per heavy atom. The number of nitrogens with zero attached hydrogens (tertiary/aromatic N) is 3. The molecule has 0 saturated carbocycles. The van der Waals surface area contributed by atoms with Crippen molar-refractivity contribution in [3.8, 4) is 0 Å². The van der Waals surface area contributed by atoms with Gasteiger partial charge in [0, 0.05) is 55.9 Å². The first kappa shape index (κ1) is 19.3. The van der Waals surface area contributed by atoms with E-state index < -0.39 is 0 Å². The minimum Gasteiger partial charge on any atom is -0.350 e. The third-order valence-corrected chi connectivity index (χ3v) is 4.94. The largest absolute Gasteiger partial charge is 0.350 e. The van der Waals surface area contributed by atoms with Crippen LogP contribution in [0, 0.1) is 0 Å². The third-order valence-electron chi connectivity index (χ3n) is 4.94. The van der Waals surface area contributed by atoms with Gasteiger partial charge in [0.1, 0.15) is 0 Å². The van der Waals surface area contributed by atoms with Crippen LogP contribution in [0.25, 0.3) is 10.9 Å². The molecule has 0 unspecified atom stereocenters. The van der Waals surface area contributed by atoms with Gasteiger partial charge in [-0.25, -0.2) is 4.79 Å². The summed E-state index contributed by atoms with van der Waals surface area (Å²) in [5, 5.41) is 4.14. The molecule has 3 rings (SSSR count). The summed E-state index contributed by atoms with van der Waals surface area (Å²) in [5.74, 6) is 0.129. The molecule has 1 aliphatic rings. The summed E-state index contributed by atoms with van der Waals surface area (Å²) in [6.07, 6.45) is 3.25. The second kappa shape index (κ2) is 7.62. The molecule has 27 heavy (non-hydrogen) atoms. The van der Waals surface area contributed by atoms with Gasteiger partial charge in [-0.1, -0.05) is 18.2 Å². The fourth-order valence-corrected chi connectivity index (χ4v) is 3.61. The normalized spacial score (nSPS) is 15.7. The molecule has 2 aromatic rings. The maximum absolute atomic E-state index is 12.9. The molecule has 1 aromatic heterocycles.